The van der Waals surface area contributed by atoms with Crippen LogP contribution in [-0.4, -0.2) is 29.8 Å². The molecule has 142 valence electrons. The molecule has 2 aromatic rings. The van der Waals surface area contributed by atoms with Gasteiger partial charge in [-0.25, -0.2) is 0 Å². The highest BCUT2D eigenvalue weighted by atomic mass is 35.5. The zero-order valence-corrected chi connectivity index (χ0v) is 16.3. The maximum absolute atomic E-state index is 12.7. The molecular formula is C22H25ClN2O2. The normalized spacial score (nSPS) is 18.0. The van der Waals surface area contributed by atoms with Crippen LogP contribution in [0.5, 0.6) is 0 Å². The first kappa shape index (κ1) is 19.4. The van der Waals surface area contributed by atoms with Gasteiger partial charge in [0.2, 0.25) is 11.8 Å². The van der Waals surface area contributed by atoms with E-state index in [0.29, 0.717) is 31.1 Å². The van der Waals surface area contributed by atoms with Crippen molar-refractivity contribution in [2.24, 2.45) is 11.8 Å². The van der Waals surface area contributed by atoms with E-state index in [9.17, 15) is 9.59 Å². The number of hydrogen-bond acceptors (Lipinski definition) is 2. The number of amides is 2. The van der Waals surface area contributed by atoms with E-state index in [-0.39, 0.29) is 23.7 Å². The second kappa shape index (κ2) is 9.05. The van der Waals surface area contributed by atoms with Crippen LogP contribution in [0, 0.1) is 11.8 Å². The van der Waals surface area contributed by atoms with E-state index in [1.807, 2.05) is 66.4 Å². The summed E-state index contributed by atoms with van der Waals surface area (Å²) in [6.07, 6.45) is 1.37. The van der Waals surface area contributed by atoms with Gasteiger partial charge in [-0.2, -0.15) is 0 Å². The molecule has 1 N–H and O–H groups in total. The van der Waals surface area contributed by atoms with Crippen LogP contribution in [0.15, 0.2) is 54.6 Å². The Morgan fingerprint density at radius 1 is 1.07 bits per heavy atom. The molecule has 5 heteroatoms. The zero-order valence-electron chi connectivity index (χ0n) is 15.5. The van der Waals surface area contributed by atoms with E-state index in [2.05, 4.69) is 5.32 Å². The molecule has 2 amide bonds. The molecule has 0 radical (unpaired) electrons. The van der Waals surface area contributed by atoms with Crippen LogP contribution in [0.2, 0.25) is 5.02 Å². The number of nitrogens with one attached hydrogen (secondary N) is 1. The fourth-order valence-electron chi connectivity index (χ4n) is 3.30. The second-order valence-corrected chi connectivity index (χ2v) is 7.39. The lowest BCUT2D eigenvalue weighted by Crippen LogP contribution is -2.34. The first-order chi connectivity index (χ1) is 13.1. The van der Waals surface area contributed by atoms with E-state index >= 15 is 0 Å². The van der Waals surface area contributed by atoms with Crippen molar-refractivity contribution < 1.29 is 9.59 Å². The molecule has 2 aromatic carbocycles. The Kier molecular flexibility index (Phi) is 6.51. The number of benzene rings is 2. The highest BCUT2D eigenvalue weighted by Gasteiger charge is 2.49. The number of nitrogens with zero attached hydrogens (tertiary/aromatic N) is 1. The van der Waals surface area contributed by atoms with Crippen molar-refractivity contribution in [3.8, 4) is 0 Å². The van der Waals surface area contributed by atoms with Gasteiger partial charge in [0, 0.05) is 24.7 Å². The third-order valence-electron chi connectivity index (χ3n) is 4.96. The van der Waals surface area contributed by atoms with Gasteiger partial charge in [-0.15, -0.1) is 0 Å². The van der Waals surface area contributed by atoms with Crippen molar-refractivity contribution in [3.63, 3.8) is 0 Å². The van der Waals surface area contributed by atoms with E-state index in [1.165, 1.54) is 0 Å². The van der Waals surface area contributed by atoms with Gasteiger partial charge in [-0.05, 0) is 43.0 Å². The van der Waals surface area contributed by atoms with Crippen LogP contribution >= 0.6 is 11.6 Å². The van der Waals surface area contributed by atoms with Crippen LogP contribution in [0.4, 0.5) is 0 Å². The van der Waals surface area contributed by atoms with Gasteiger partial charge < -0.3 is 10.2 Å². The molecule has 2 unspecified atom stereocenters. The Hall–Kier alpha value is -2.33. The predicted octanol–water partition coefficient (Wildman–Crippen LogP) is 3.68. The Balaban J connectivity index is 1.45. The minimum Gasteiger partial charge on any atom is -0.356 e. The summed E-state index contributed by atoms with van der Waals surface area (Å²) in [7, 11) is 0. The van der Waals surface area contributed by atoms with Crippen LogP contribution < -0.4 is 5.32 Å². The summed E-state index contributed by atoms with van der Waals surface area (Å²) in [4.78, 5) is 26.9. The fraction of sp³-hybridized carbons (Fsp3) is 0.364. The zero-order chi connectivity index (χ0) is 19.2. The molecule has 3 rings (SSSR count). The summed E-state index contributed by atoms with van der Waals surface area (Å²) in [5.74, 6) is -0.316. The molecule has 4 nitrogen and oxygen atoms in total. The molecule has 0 bridgehead atoms. The molecule has 1 aliphatic carbocycles. The first-order valence-corrected chi connectivity index (χ1v) is 9.81. The molecule has 0 spiro atoms. The van der Waals surface area contributed by atoms with Crippen molar-refractivity contribution in [1.82, 2.24) is 10.2 Å². The van der Waals surface area contributed by atoms with Crippen molar-refractivity contribution in [1.29, 1.82) is 0 Å². The monoisotopic (exact) mass is 384 g/mol. The quantitative estimate of drug-likeness (QED) is 0.754. The molecule has 0 saturated heterocycles. The summed E-state index contributed by atoms with van der Waals surface area (Å²) >= 11 is 5.97. The molecule has 1 aliphatic rings. The molecule has 0 aromatic heterocycles. The third kappa shape index (κ3) is 5.33. The van der Waals surface area contributed by atoms with Crippen LogP contribution in [0.25, 0.3) is 0 Å². The smallest absolute Gasteiger partial charge is 0.226 e. The number of carbonyl (C=O) groups is 2. The van der Waals surface area contributed by atoms with Crippen molar-refractivity contribution in [2.45, 2.75) is 26.3 Å². The molecule has 1 saturated carbocycles. The van der Waals surface area contributed by atoms with Crippen LogP contribution in [-0.2, 0) is 22.6 Å². The van der Waals surface area contributed by atoms with Crippen LogP contribution in [0.1, 0.15) is 24.5 Å². The Bertz CT molecular complexity index is 794. The predicted molar refractivity (Wildman–Crippen MR) is 107 cm³/mol. The minimum atomic E-state index is -0.193. The molecule has 0 heterocycles. The molecule has 2 atom stereocenters. The standard InChI is InChI=1S/C22H25ClN2O2/c1-2-25(15-17-7-4-3-5-8-17)22(27)20-14-19(20)21(26)24-12-11-16-9-6-10-18(23)13-16/h3-10,13,19-20H,2,11-12,14-15H2,1H3,(H,24,26). The van der Waals surface area contributed by atoms with Crippen LogP contribution in [0.3, 0.4) is 0 Å². The third-order valence-corrected chi connectivity index (χ3v) is 5.19. The second-order valence-electron chi connectivity index (χ2n) is 6.96. The topological polar surface area (TPSA) is 49.4 Å². The van der Waals surface area contributed by atoms with E-state index < -0.39 is 0 Å². The number of halogens is 1. The average Bonchev–Trinajstić information content (AvgIpc) is 3.47. The summed E-state index contributed by atoms with van der Waals surface area (Å²) in [6, 6.07) is 17.6. The number of hydrogen-bond donors (Lipinski definition) is 1. The van der Waals surface area contributed by atoms with Gasteiger partial charge in [0.1, 0.15) is 0 Å². The molecular weight excluding hydrogens is 360 g/mol. The van der Waals surface area contributed by atoms with Crippen molar-refractivity contribution in [3.05, 3.63) is 70.7 Å². The van der Waals surface area contributed by atoms with Gasteiger partial charge in [0.05, 0.1) is 11.8 Å². The maximum Gasteiger partial charge on any atom is 0.226 e. The van der Waals surface area contributed by atoms with Gasteiger partial charge >= 0.3 is 0 Å². The SMILES string of the molecule is CCN(Cc1ccccc1)C(=O)C1CC1C(=O)NCCc1cccc(Cl)c1. The highest BCUT2D eigenvalue weighted by Crippen LogP contribution is 2.40. The summed E-state index contributed by atoms with van der Waals surface area (Å²) < 4.78 is 0. The first-order valence-electron chi connectivity index (χ1n) is 9.43. The molecule has 27 heavy (non-hydrogen) atoms. The highest BCUT2D eigenvalue weighted by molar-refractivity contribution is 6.30. The Morgan fingerprint density at radius 2 is 1.81 bits per heavy atom. The van der Waals surface area contributed by atoms with Gasteiger partial charge in [-0.3, -0.25) is 9.59 Å². The number of rotatable bonds is 8. The summed E-state index contributed by atoms with van der Waals surface area (Å²) in [5.41, 5.74) is 2.20. The van der Waals surface area contributed by atoms with Crippen molar-refractivity contribution in [2.75, 3.05) is 13.1 Å². The lowest BCUT2D eigenvalue weighted by molar-refractivity contribution is -0.135. The maximum atomic E-state index is 12.7. The fourth-order valence-corrected chi connectivity index (χ4v) is 3.51. The lowest BCUT2D eigenvalue weighted by atomic mass is 10.1. The van der Waals surface area contributed by atoms with Gasteiger partial charge in [0.15, 0.2) is 0 Å². The lowest BCUT2D eigenvalue weighted by Gasteiger charge is -2.21. The summed E-state index contributed by atoms with van der Waals surface area (Å²) in [5, 5.41) is 3.65. The Labute approximate surface area is 165 Å². The summed E-state index contributed by atoms with van der Waals surface area (Å²) in [6.45, 7) is 3.77. The van der Waals surface area contributed by atoms with E-state index in [1.54, 1.807) is 0 Å². The molecule has 1 fully saturated rings. The van der Waals surface area contributed by atoms with E-state index in [0.717, 1.165) is 17.5 Å². The largest absolute Gasteiger partial charge is 0.356 e. The molecule has 0 aliphatic heterocycles. The average molecular weight is 385 g/mol. The van der Waals surface area contributed by atoms with Crippen molar-refractivity contribution >= 4 is 23.4 Å². The van der Waals surface area contributed by atoms with E-state index in [4.69, 9.17) is 11.6 Å². The Morgan fingerprint density at radius 3 is 2.52 bits per heavy atom. The minimum absolute atomic E-state index is 0.0221. The van der Waals surface area contributed by atoms with Gasteiger partial charge in [-0.1, -0.05) is 54.1 Å². The van der Waals surface area contributed by atoms with Gasteiger partial charge in [0.25, 0.3) is 0 Å². The number of carbonyl (C=O) groups excluding carboxylic acids is 2.